The van der Waals surface area contributed by atoms with Crippen LogP contribution in [0.15, 0.2) is 6.07 Å². The molecule has 0 amide bonds. The Morgan fingerprint density at radius 3 is 2.73 bits per heavy atom. The third-order valence-corrected chi connectivity index (χ3v) is 2.93. The van der Waals surface area contributed by atoms with E-state index in [-0.39, 0.29) is 0 Å². The van der Waals surface area contributed by atoms with Gasteiger partial charge in [0.2, 0.25) is 5.13 Å². The molecule has 2 aromatic rings. The van der Waals surface area contributed by atoms with E-state index in [1.54, 1.807) is 0 Å². The quantitative estimate of drug-likeness (QED) is 0.857. The highest BCUT2D eigenvalue weighted by atomic mass is 32.1. The van der Waals surface area contributed by atoms with Gasteiger partial charge in [-0.25, -0.2) is 0 Å². The molecule has 0 unspecified atom stereocenters. The molecule has 0 fully saturated rings. The largest absolute Gasteiger partial charge is 0.374 e. The van der Waals surface area contributed by atoms with Gasteiger partial charge in [-0.05, 0) is 19.4 Å². The van der Waals surface area contributed by atoms with E-state index in [4.69, 9.17) is 5.73 Å². The maximum atomic E-state index is 5.56. The van der Waals surface area contributed by atoms with E-state index >= 15 is 0 Å². The summed E-state index contributed by atoms with van der Waals surface area (Å²) in [5, 5.41) is 13.6. The Labute approximate surface area is 91.9 Å². The molecular formula is C9H13N5S. The molecule has 15 heavy (non-hydrogen) atoms. The lowest BCUT2D eigenvalue weighted by Crippen LogP contribution is -1.99. The van der Waals surface area contributed by atoms with Crippen molar-refractivity contribution in [2.45, 2.75) is 26.8 Å². The average molecular weight is 223 g/mol. The minimum Gasteiger partial charge on any atom is -0.374 e. The first-order chi connectivity index (χ1) is 7.24. The summed E-state index contributed by atoms with van der Waals surface area (Å²) < 4.78 is 1.93. The van der Waals surface area contributed by atoms with E-state index in [9.17, 15) is 0 Å². The van der Waals surface area contributed by atoms with Gasteiger partial charge in [-0.15, -0.1) is 10.2 Å². The lowest BCUT2D eigenvalue weighted by molar-refractivity contribution is 0.654. The zero-order chi connectivity index (χ0) is 10.8. The van der Waals surface area contributed by atoms with Crippen molar-refractivity contribution in [2.75, 3.05) is 5.73 Å². The predicted molar refractivity (Wildman–Crippen MR) is 60.6 cm³/mol. The van der Waals surface area contributed by atoms with Gasteiger partial charge in [-0.1, -0.05) is 18.3 Å². The SMILES string of the molecule is CCc1cc(-c2nnc(N)s2)n(CC)n1. The molecule has 0 saturated carbocycles. The second-order valence-electron chi connectivity index (χ2n) is 3.14. The van der Waals surface area contributed by atoms with Gasteiger partial charge in [-0.2, -0.15) is 5.10 Å². The van der Waals surface area contributed by atoms with Crippen molar-refractivity contribution >= 4 is 16.5 Å². The summed E-state index contributed by atoms with van der Waals surface area (Å²) in [6.45, 7) is 4.97. The van der Waals surface area contributed by atoms with Crippen LogP contribution in [0.5, 0.6) is 0 Å². The van der Waals surface area contributed by atoms with E-state index < -0.39 is 0 Å². The Morgan fingerprint density at radius 2 is 2.20 bits per heavy atom. The van der Waals surface area contributed by atoms with Crippen molar-refractivity contribution in [3.8, 4) is 10.7 Å². The molecule has 2 aromatic heterocycles. The van der Waals surface area contributed by atoms with E-state index in [2.05, 4.69) is 29.1 Å². The lowest BCUT2D eigenvalue weighted by atomic mass is 10.3. The zero-order valence-corrected chi connectivity index (χ0v) is 9.58. The molecule has 2 N–H and O–H groups in total. The number of nitrogens with two attached hydrogens (primary N) is 1. The summed E-state index contributed by atoms with van der Waals surface area (Å²) in [6.07, 6.45) is 0.925. The van der Waals surface area contributed by atoms with E-state index in [1.807, 2.05) is 10.7 Å². The van der Waals surface area contributed by atoms with Gasteiger partial charge in [0.1, 0.15) is 0 Å². The number of nitrogen functional groups attached to an aromatic ring is 1. The van der Waals surface area contributed by atoms with Crippen molar-refractivity contribution in [1.29, 1.82) is 0 Å². The second-order valence-corrected chi connectivity index (χ2v) is 4.14. The van der Waals surface area contributed by atoms with E-state index in [0.29, 0.717) is 5.13 Å². The van der Waals surface area contributed by atoms with Crippen LogP contribution in [0.2, 0.25) is 0 Å². The van der Waals surface area contributed by atoms with E-state index in [1.165, 1.54) is 11.3 Å². The van der Waals surface area contributed by atoms with Crippen LogP contribution < -0.4 is 5.73 Å². The molecule has 5 nitrogen and oxygen atoms in total. The van der Waals surface area contributed by atoms with E-state index in [0.717, 1.165) is 29.4 Å². The van der Waals surface area contributed by atoms with Crippen LogP contribution in [0.25, 0.3) is 10.7 Å². The van der Waals surface area contributed by atoms with Crippen molar-refractivity contribution < 1.29 is 0 Å². The number of anilines is 1. The Hall–Kier alpha value is -1.43. The molecule has 0 bridgehead atoms. The number of hydrogen-bond acceptors (Lipinski definition) is 5. The van der Waals surface area contributed by atoms with Gasteiger partial charge in [0.25, 0.3) is 0 Å². The molecule has 0 spiro atoms. The molecule has 0 aromatic carbocycles. The zero-order valence-electron chi connectivity index (χ0n) is 8.77. The molecule has 0 saturated heterocycles. The highest BCUT2D eigenvalue weighted by molar-refractivity contribution is 7.18. The lowest BCUT2D eigenvalue weighted by Gasteiger charge is -1.98. The molecule has 0 aliphatic carbocycles. The summed E-state index contributed by atoms with van der Waals surface area (Å²) >= 11 is 1.39. The maximum absolute atomic E-state index is 5.56. The fourth-order valence-corrected chi connectivity index (χ4v) is 2.02. The molecule has 80 valence electrons. The van der Waals surface area contributed by atoms with Crippen LogP contribution in [0.3, 0.4) is 0 Å². The minimum absolute atomic E-state index is 0.493. The summed E-state index contributed by atoms with van der Waals surface area (Å²) in [4.78, 5) is 0. The molecule has 0 aliphatic rings. The molecule has 2 rings (SSSR count). The minimum atomic E-state index is 0.493. The molecule has 0 radical (unpaired) electrons. The number of rotatable bonds is 3. The summed E-state index contributed by atoms with van der Waals surface area (Å²) in [6, 6.07) is 2.05. The van der Waals surface area contributed by atoms with Gasteiger partial charge >= 0.3 is 0 Å². The first-order valence-corrected chi connectivity index (χ1v) is 5.72. The van der Waals surface area contributed by atoms with Gasteiger partial charge in [-0.3, -0.25) is 4.68 Å². The maximum Gasteiger partial charge on any atom is 0.203 e. The topological polar surface area (TPSA) is 69.6 Å². The van der Waals surface area contributed by atoms with Crippen LogP contribution in [-0.4, -0.2) is 20.0 Å². The fourth-order valence-electron chi connectivity index (χ4n) is 1.39. The van der Waals surface area contributed by atoms with Gasteiger partial charge in [0.05, 0.1) is 11.4 Å². The third-order valence-electron chi connectivity index (χ3n) is 2.15. The molecule has 6 heteroatoms. The van der Waals surface area contributed by atoms with Crippen molar-refractivity contribution in [3.63, 3.8) is 0 Å². The first kappa shape index (κ1) is 10.1. The van der Waals surface area contributed by atoms with Gasteiger partial charge < -0.3 is 5.73 Å². The molecule has 0 atom stereocenters. The fraction of sp³-hybridized carbons (Fsp3) is 0.444. The summed E-state index contributed by atoms with van der Waals surface area (Å²) in [5.74, 6) is 0. The Bertz CT molecular complexity index is 459. The molecular weight excluding hydrogens is 210 g/mol. The van der Waals surface area contributed by atoms with Crippen molar-refractivity contribution in [3.05, 3.63) is 11.8 Å². The van der Waals surface area contributed by atoms with Gasteiger partial charge in [0, 0.05) is 6.54 Å². The highest BCUT2D eigenvalue weighted by Gasteiger charge is 2.11. The van der Waals surface area contributed by atoms with Crippen LogP contribution in [-0.2, 0) is 13.0 Å². The van der Waals surface area contributed by atoms with Crippen LogP contribution >= 0.6 is 11.3 Å². The number of nitrogens with zero attached hydrogens (tertiary/aromatic N) is 4. The van der Waals surface area contributed by atoms with Crippen LogP contribution in [0, 0.1) is 0 Å². The second kappa shape index (κ2) is 3.98. The molecule has 0 aliphatic heterocycles. The Morgan fingerprint density at radius 1 is 1.40 bits per heavy atom. The number of aryl methyl sites for hydroxylation is 2. The first-order valence-electron chi connectivity index (χ1n) is 4.90. The van der Waals surface area contributed by atoms with Crippen LogP contribution in [0.4, 0.5) is 5.13 Å². The van der Waals surface area contributed by atoms with Crippen molar-refractivity contribution in [1.82, 2.24) is 20.0 Å². The predicted octanol–water partition coefficient (Wildman–Crippen LogP) is 1.57. The number of aromatic nitrogens is 4. The number of hydrogen-bond donors (Lipinski definition) is 1. The normalized spacial score (nSPS) is 10.8. The molecule has 2 heterocycles. The third kappa shape index (κ3) is 1.85. The summed E-state index contributed by atoms with van der Waals surface area (Å²) in [7, 11) is 0. The van der Waals surface area contributed by atoms with Crippen LogP contribution in [0.1, 0.15) is 19.5 Å². The summed E-state index contributed by atoms with van der Waals surface area (Å²) in [5.41, 5.74) is 7.64. The standard InChI is InChI=1S/C9H13N5S/c1-3-6-5-7(14(4-2)13-6)8-11-12-9(10)15-8/h5H,3-4H2,1-2H3,(H2,10,12). The van der Waals surface area contributed by atoms with Gasteiger partial charge in [0.15, 0.2) is 5.01 Å². The Balaban J connectivity index is 2.46. The monoisotopic (exact) mass is 223 g/mol. The smallest absolute Gasteiger partial charge is 0.203 e. The highest BCUT2D eigenvalue weighted by Crippen LogP contribution is 2.25. The average Bonchev–Trinajstić information content (AvgIpc) is 2.82. The van der Waals surface area contributed by atoms with Crippen molar-refractivity contribution in [2.24, 2.45) is 0 Å². The Kier molecular flexibility index (Phi) is 2.68.